The molecule has 0 saturated heterocycles. The minimum atomic E-state index is -0.348. The highest BCUT2D eigenvalue weighted by Gasteiger charge is 2.39. The van der Waals surface area contributed by atoms with Gasteiger partial charge in [-0.05, 0) is 26.7 Å². The molecule has 0 radical (unpaired) electrons. The lowest BCUT2D eigenvalue weighted by Crippen LogP contribution is -2.43. The molecule has 0 aliphatic heterocycles. The maximum Gasteiger partial charge on any atom is 0.227 e. The number of nitrogens with zero attached hydrogens (tertiary/aromatic N) is 1. The second-order valence-corrected chi connectivity index (χ2v) is 5.18. The highest BCUT2D eigenvalue weighted by Crippen LogP contribution is 2.37. The molecule has 1 fully saturated rings. The van der Waals surface area contributed by atoms with Gasteiger partial charge >= 0.3 is 0 Å². The molecule has 0 unspecified atom stereocenters. The van der Waals surface area contributed by atoms with Crippen LogP contribution in [0, 0.1) is 19.3 Å². The molecule has 1 aromatic rings. The summed E-state index contributed by atoms with van der Waals surface area (Å²) < 4.78 is 5.08. The zero-order valence-electron chi connectivity index (χ0n) is 11.1. The van der Waals surface area contributed by atoms with Crippen LogP contribution in [0.2, 0.25) is 0 Å². The van der Waals surface area contributed by atoms with Gasteiger partial charge in [0.2, 0.25) is 5.91 Å². The number of hydrogen-bond acceptors (Lipinski definition) is 4. The average Bonchev–Trinajstić information content (AvgIpc) is 2.96. The van der Waals surface area contributed by atoms with Gasteiger partial charge < -0.3 is 15.6 Å². The maximum atomic E-state index is 12.3. The fourth-order valence-corrected chi connectivity index (χ4v) is 2.69. The first kappa shape index (κ1) is 13.1. The molecule has 100 valence electrons. The van der Waals surface area contributed by atoms with E-state index in [-0.39, 0.29) is 11.3 Å². The highest BCUT2D eigenvalue weighted by atomic mass is 16.5. The van der Waals surface area contributed by atoms with Crippen LogP contribution in [0.5, 0.6) is 0 Å². The van der Waals surface area contributed by atoms with Crippen LogP contribution in [0.4, 0.5) is 0 Å². The van der Waals surface area contributed by atoms with Gasteiger partial charge in [0.15, 0.2) is 0 Å². The van der Waals surface area contributed by atoms with E-state index < -0.39 is 0 Å². The first-order valence-corrected chi connectivity index (χ1v) is 6.49. The first-order chi connectivity index (χ1) is 8.59. The molecule has 1 aliphatic carbocycles. The number of rotatable bonds is 4. The van der Waals surface area contributed by atoms with Crippen molar-refractivity contribution in [2.45, 2.75) is 46.1 Å². The fraction of sp³-hybridized carbons (Fsp3) is 0.692. The molecule has 1 aromatic heterocycles. The van der Waals surface area contributed by atoms with Gasteiger partial charge in [-0.2, -0.15) is 0 Å². The number of aryl methyl sites for hydroxylation is 2. The molecule has 0 aromatic carbocycles. The van der Waals surface area contributed by atoms with Crippen LogP contribution < -0.4 is 11.1 Å². The predicted octanol–water partition coefficient (Wildman–Crippen LogP) is 1.43. The summed E-state index contributed by atoms with van der Waals surface area (Å²) in [6, 6.07) is 0. The monoisotopic (exact) mass is 251 g/mol. The lowest BCUT2D eigenvalue weighted by atomic mass is 9.85. The SMILES string of the molecule is Cc1noc(C)c1CNC(=O)C1(CN)CCCC1. The Morgan fingerprint density at radius 3 is 2.61 bits per heavy atom. The summed E-state index contributed by atoms with van der Waals surface area (Å²) in [4.78, 5) is 12.3. The van der Waals surface area contributed by atoms with Gasteiger partial charge in [-0.15, -0.1) is 0 Å². The van der Waals surface area contributed by atoms with Gasteiger partial charge in [0.1, 0.15) is 5.76 Å². The van der Waals surface area contributed by atoms with Crippen LogP contribution >= 0.6 is 0 Å². The molecule has 0 bridgehead atoms. The molecule has 3 N–H and O–H groups in total. The van der Waals surface area contributed by atoms with Crippen molar-refractivity contribution in [1.29, 1.82) is 0 Å². The Labute approximate surface area is 107 Å². The van der Waals surface area contributed by atoms with E-state index in [1.165, 1.54) is 0 Å². The largest absolute Gasteiger partial charge is 0.361 e. The molecule has 1 saturated carbocycles. The molecule has 1 heterocycles. The van der Waals surface area contributed by atoms with Crippen molar-refractivity contribution in [2.75, 3.05) is 6.54 Å². The average molecular weight is 251 g/mol. The van der Waals surface area contributed by atoms with Crippen LogP contribution in [0.15, 0.2) is 4.52 Å². The van der Waals surface area contributed by atoms with E-state index in [0.717, 1.165) is 42.7 Å². The number of nitrogens with one attached hydrogen (secondary N) is 1. The van der Waals surface area contributed by atoms with Crippen LogP contribution in [0.3, 0.4) is 0 Å². The molecule has 1 amide bonds. The summed E-state index contributed by atoms with van der Waals surface area (Å²) in [7, 11) is 0. The van der Waals surface area contributed by atoms with Crippen molar-refractivity contribution < 1.29 is 9.32 Å². The number of amides is 1. The summed E-state index contributed by atoms with van der Waals surface area (Å²) >= 11 is 0. The lowest BCUT2D eigenvalue weighted by Gasteiger charge is -2.25. The zero-order valence-corrected chi connectivity index (χ0v) is 11.1. The van der Waals surface area contributed by atoms with Crippen LogP contribution in [0.25, 0.3) is 0 Å². The normalized spacial score (nSPS) is 17.9. The van der Waals surface area contributed by atoms with E-state index in [0.29, 0.717) is 13.1 Å². The lowest BCUT2D eigenvalue weighted by molar-refractivity contribution is -0.130. The van der Waals surface area contributed by atoms with Gasteiger partial charge in [0.25, 0.3) is 0 Å². The van der Waals surface area contributed by atoms with Gasteiger partial charge in [0, 0.05) is 18.7 Å². The van der Waals surface area contributed by atoms with E-state index in [1.54, 1.807) is 0 Å². The van der Waals surface area contributed by atoms with E-state index in [4.69, 9.17) is 10.3 Å². The number of aromatic nitrogens is 1. The summed E-state index contributed by atoms with van der Waals surface area (Å²) in [5.74, 6) is 0.837. The third-order valence-corrected chi connectivity index (χ3v) is 4.04. The van der Waals surface area contributed by atoms with Crippen LogP contribution in [0.1, 0.15) is 42.7 Å². The zero-order chi connectivity index (χ0) is 13.2. The third kappa shape index (κ3) is 2.27. The molecular formula is C13H21N3O2. The van der Waals surface area contributed by atoms with Crippen molar-refractivity contribution >= 4 is 5.91 Å². The molecular weight excluding hydrogens is 230 g/mol. The molecule has 1 aliphatic rings. The first-order valence-electron chi connectivity index (χ1n) is 6.49. The summed E-state index contributed by atoms with van der Waals surface area (Å²) in [6.07, 6.45) is 3.99. The minimum absolute atomic E-state index is 0.0718. The van der Waals surface area contributed by atoms with E-state index in [1.807, 2.05) is 13.8 Å². The summed E-state index contributed by atoms with van der Waals surface area (Å²) in [5.41, 5.74) is 7.24. The van der Waals surface area contributed by atoms with E-state index in [2.05, 4.69) is 10.5 Å². The van der Waals surface area contributed by atoms with Crippen molar-refractivity contribution in [2.24, 2.45) is 11.1 Å². The van der Waals surface area contributed by atoms with Crippen molar-refractivity contribution in [3.8, 4) is 0 Å². The Morgan fingerprint density at radius 2 is 2.11 bits per heavy atom. The Hall–Kier alpha value is -1.36. The predicted molar refractivity (Wildman–Crippen MR) is 67.8 cm³/mol. The highest BCUT2D eigenvalue weighted by molar-refractivity contribution is 5.83. The van der Waals surface area contributed by atoms with Crippen molar-refractivity contribution in [3.63, 3.8) is 0 Å². The van der Waals surface area contributed by atoms with E-state index >= 15 is 0 Å². The Balaban J connectivity index is 2.00. The van der Waals surface area contributed by atoms with Gasteiger partial charge in [-0.1, -0.05) is 18.0 Å². The quantitative estimate of drug-likeness (QED) is 0.848. The third-order valence-electron chi connectivity index (χ3n) is 4.04. The van der Waals surface area contributed by atoms with Gasteiger partial charge in [-0.25, -0.2) is 0 Å². The molecule has 2 rings (SSSR count). The number of carbonyl (C=O) groups excluding carboxylic acids is 1. The number of carbonyl (C=O) groups is 1. The second-order valence-electron chi connectivity index (χ2n) is 5.18. The summed E-state index contributed by atoms with van der Waals surface area (Å²) in [6.45, 7) is 4.64. The van der Waals surface area contributed by atoms with Crippen molar-refractivity contribution in [3.05, 3.63) is 17.0 Å². The Morgan fingerprint density at radius 1 is 1.44 bits per heavy atom. The van der Waals surface area contributed by atoms with E-state index in [9.17, 15) is 4.79 Å². The Bertz CT molecular complexity index is 414. The molecule has 18 heavy (non-hydrogen) atoms. The fourth-order valence-electron chi connectivity index (χ4n) is 2.69. The maximum absolute atomic E-state index is 12.3. The molecule has 0 atom stereocenters. The topological polar surface area (TPSA) is 81.2 Å². The molecule has 5 heteroatoms. The van der Waals surface area contributed by atoms with Gasteiger partial charge in [-0.3, -0.25) is 4.79 Å². The standard InChI is InChI=1S/C13H21N3O2/c1-9-11(10(2)18-16-9)7-15-12(17)13(8-14)5-3-4-6-13/h3-8,14H2,1-2H3,(H,15,17). The van der Waals surface area contributed by atoms with Gasteiger partial charge in [0.05, 0.1) is 11.1 Å². The van der Waals surface area contributed by atoms with Crippen LogP contribution in [-0.2, 0) is 11.3 Å². The van der Waals surface area contributed by atoms with Crippen molar-refractivity contribution in [1.82, 2.24) is 10.5 Å². The number of nitrogens with two attached hydrogens (primary N) is 1. The van der Waals surface area contributed by atoms with Crippen LogP contribution in [-0.4, -0.2) is 17.6 Å². The molecule has 0 spiro atoms. The smallest absolute Gasteiger partial charge is 0.227 e. The summed E-state index contributed by atoms with van der Waals surface area (Å²) in [5, 5.41) is 6.86. The number of hydrogen-bond donors (Lipinski definition) is 2. The minimum Gasteiger partial charge on any atom is -0.361 e. The molecule has 5 nitrogen and oxygen atoms in total. The Kier molecular flexibility index (Phi) is 3.71. The second kappa shape index (κ2) is 5.10.